The van der Waals surface area contributed by atoms with Crippen LogP contribution in [0.25, 0.3) is 16.3 Å². The molecule has 0 fully saturated rings. The molecule has 27 heavy (non-hydrogen) atoms. The van der Waals surface area contributed by atoms with Crippen LogP contribution in [0, 0.1) is 12.7 Å². The number of halogens is 1. The highest BCUT2D eigenvalue weighted by molar-refractivity contribution is 7.16. The molecule has 0 radical (unpaired) electrons. The van der Waals surface area contributed by atoms with E-state index in [1.54, 1.807) is 39.4 Å². The molecule has 3 aromatic heterocycles. The first-order valence-corrected chi connectivity index (χ1v) is 9.87. The molecule has 1 N–H and O–H groups in total. The first-order valence-electron chi connectivity index (χ1n) is 8.18. The maximum atomic E-state index is 13.1. The van der Waals surface area contributed by atoms with Gasteiger partial charge in [0.2, 0.25) is 0 Å². The Balaban J connectivity index is 1.46. The van der Waals surface area contributed by atoms with Gasteiger partial charge in [-0.25, -0.2) is 14.4 Å². The Bertz CT molecular complexity index is 1080. The van der Waals surface area contributed by atoms with Gasteiger partial charge in [0, 0.05) is 15.9 Å². The van der Waals surface area contributed by atoms with E-state index >= 15 is 0 Å². The molecule has 1 amide bonds. The lowest BCUT2D eigenvalue weighted by Crippen LogP contribution is -2.24. The predicted octanol–water partition coefficient (Wildman–Crippen LogP) is 4.43. The monoisotopic (exact) mass is 398 g/mol. The quantitative estimate of drug-likeness (QED) is 0.541. The molecular weight excluding hydrogens is 383 g/mol. The minimum atomic E-state index is -0.325. The summed E-state index contributed by atoms with van der Waals surface area (Å²) >= 11 is 3.22. The van der Waals surface area contributed by atoms with Crippen LogP contribution >= 0.6 is 22.7 Å². The summed E-state index contributed by atoms with van der Waals surface area (Å²) in [6.45, 7) is 2.40. The SMILES string of the molecule is Cc1nc(-c2ccc(CNC(=O)c3cncn3-c3ccc(F)cc3)s2)cs1. The van der Waals surface area contributed by atoms with E-state index in [0.29, 0.717) is 17.9 Å². The summed E-state index contributed by atoms with van der Waals surface area (Å²) in [5.74, 6) is -0.565. The van der Waals surface area contributed by atoms with Crippen LogP contribution < -0.4 is 5.32 Å². The van der Waals surface area contributed by atoms with Gasteiger partial charge in [-0.05, 0) is 43.3 Å². The number of benzene rings is 1. The Kier molecular flexibility index (Phi) is 4.83. The highest BCUT2D eigenvalue weighted by Crippen LogP contribution is 2.29. The molecule has 0 aliphatic heterocycles. The maximum Gasteiger partial charge on any atom is 0.270 e. The number of rotatable bonds is 5. The number of carbonyl (C=O) groups is 1. The number of imidazole rings is 1. The molecule has 4 aromatic rings. The number of aromatic nitrogens is 3. The molecule has 4 rings (SSSR count). The molecule has 0 aliphatic rings. The van der Waals surface area contributed by atoms with Gasteiger partial charge in [0.15, 0.2) is 0 Å². The van der Waals surface area contributed by atoms with Gasteiger partial charge in [0.05, 0.1) is 34.6 Å². The van der Waals surface area contributed by atoms with E-state index in [-0.39, 0.29) is 11.7 Å². The van der Waals surface area contributed by atoms with E-state index in [2.05, 4.69) is 15.3 Å². The van der Waals surface area contributed by atoms with Gasteiger partial charge in [-0.2, -0.15) is 0 Å². The van der Waals surface area contributed by atoms with Crippen LogP contribution in [0.2, 0.25) is 0 Å². The third-order valence-corrected chi connectivity index (χ3v) is 5.81. The van der Waals surface area contributed by atoms with Crippen molar-refractivity contribution in [3.05, 3.63) is 75.7 Å². The van der Waals surface area contributed by atoms with Crippen molar-refractivity contribution in [3.63, 3.8) is 0 Å². The Morgan fingerprint density at radius 1 is 1.22 bits per heavy atom. The zero-order valence-corrected chi connectivity index (χ0v) is 16.0. The first-order chi connectivity index (χ1) is 13.1. The van der Waals surface area contributed by atoms with Crippen molar-refractivity contribution < 1.29 is 9.18 Å². The van der Waals surface area contributed by atoms with Gasteiger partial charge >= 0.3 is 0 Å². The number of nitrogens with zero attached hydrogens (tertiary/aromatic N) is 3. The van der Waals surface area contributed by atoms with E-state index in [1.807, 2.05) is 24.4 Å². The van der Waals surface area contributed by atoms with Crippen molar-refractivity contribution in [2.45, 2.75) is 13.5 Å². The number of thiazole rings is 1. The Labute approximate surface area is 163 Å². The largest absolute Gasteiger partial charge is 0.346 e. The number of nitrogens with one attached hydrogen (secondary N) is 1. The third-order valence-electron chi connectivity index (χ3n) is 3.93. The first kappa shape index (κ1) is 17.6. The number of thiophene rings is 1. The minimum Gasteiger partial charge on any atom is -0.346 e. The van der Waals surface area contributed by atoms with Crippen molar-refractivity contribution in [2.24, 2.45) is 0 Å². The second kappa shape index (κ2) is 7.42. The second-order valence-electron chi connectivity index (χ2n) is 5.83. The van der Waals surface area contributed by atoms with Gasteiger partial charge in [0.25, 0.3) is 5.91 Å². The average Bonchev–Trinajstić information content (AvgIpc) is 3.40. The number of hydrogen-bond acceptors (Lipinski definition) is 5. The molecule has 5 nitrogen and oxygen atoms in total. The summed E-state index contributed by atoms with van der Waals surface area (Å²) in [6.07, 6.45) is 3.03. The van der Waals surface area contributed by atoms with E-state index in [4.69, 9.17) is 0 Å². The van der Waals surface area contributed by atoms with Crippen LogP contribution in [0.1, 0.15) is 20.4 Å². The molecule has 0 aliphatic carbocycles. The summed E-state index contributed by atoms with van der Waals surface area (Å²) in [5.41, 5.74) is 2.04. The van der Waals surface area contributed by atoms with Crippen molar-refractivity contribution in [1.82, 2.24) is 19.9 Å². The van der Waals surface area contributed by atoms with Crippen LogP contribution in [0.3, 0.4) is 0 Å². The van der Waals surface area contributed by atoms with Crippen LogP contribution in [0.4, 0.5) is 4.39 Å². The number of carbonyl (C=O) groups excluding carboxylic acids is 1. The topological polar surface area (TPSA) is 59.8 Å². The fourth-order valence-corrected chi connectivity index (χ4v) is 4.21. The van der Waals surface area contributed by atoms with Gasteiger partial charge in [-0.15, -0.1) is 22.7 Å². The molecule has 136 valence electrons. The molecule has 1 aromatic carbocycles. The standard InChI is InChI=1S/C19H15FN4OS2/c1-12-23-16(10-26-12)18-7-6-15(27-18)8-22-19(25)17-9-21-11-24(17)14-4-2-13(20)3-5-14/h2-7,9-11H,8H2,1H3,(H,22,25). The average molecular weight is 398 g/mol. The lowest BCUT2D eigenvalue weighted by molar-refractivity contribution is 0.0944. The molecule has 0 saturated heterocycles. The molecule has 0 atom stereocenters. The van der Waals surface area contributed by atoms with E-state index in [9.17, 15) is 9.18 Å². The van der Waals surface area contributed by atoms with Gasteiger partial charge in [-0.1, -0.05) is 0 Å². The number of amides is 1. The molecule has 0 bridgehead atoms. The molecular formula is C19H15FN4OS2. The van der Waals surface area contributed by atoms with Crippen molar-refractivity contribution in [3.8, 4) is 16.3 Å². The Hall–Kier alpha value is -2.84. The zero-order chi connectivity index (χ0) is 18.8. The smallest absolute Gasteiger partial charge is 0.270 e. The second-order valence-corrected chi connectivity index (χ2v) is 8.06. The van der Waals surface area contributed by atoms with Crippen LogP contribution in [-0.4, -0.2) is 20.4 Å². The van der Waals surface area contributed by atoms with Crippen LogP contribution in [0.15, 0.2) is 54.3 Å². The summed E-state index contributed by atoms with van der Waals surface area (Å²) in [6, 6.07) is 9.93. The summed E-state index contributed by atoms with van der Waals surface area (Å²) in [5, 5.41) is 5.97. The lowest BCUT2D eigenvalue weighted by Gasteiger charge is -2.08. The summed E-state index contributed by atoms with van der Waals surface area (Å²) < 4.78 is 14.7. The Morgan fingerprint density at radius 2 is 2.04 bits per heavy atom. The van der Waals surface area contributed by atoms with Crippen LogP contribution in [0.5, 0.6) is 0 Å². The van der Waals surface area contributed by atoms with E-state index < -0.39 is 0 Å². The van der Waals surface area contributed by atoms with Gasteiger partial charge in [0.1, 0.15) is 11.5 Å². The van der Waals surface area contributed by atoms with Crippen molar-refractivity contribution in [2.75, 3.05) is 0 Å². The molecule has 0 unspecified atom stereocenters. The fourth-order valence-electron chi connectivity index (χ4n) is 2.62. The van der Waals surface area contributed by atoms with E-state index in [1.165, 1.54) is 24.7 Å². The minimum absolute atomic E-state index is 0.240. The fraction of sp³-hybridized carbons (Fsp3) is 0.105. The normalized spacial score (nSPS) is 10.9. The van der Waals surface area contributed by atoms with Crippen molar-refractivity contribution >= 4 is 28.6 Å². The number of hydrogen-bond donors (Lipinski definition) is 1. The van der Waals surface area contributed by atoms with Gasteiger partial charge in [-0.3, -0.25) is 9.36 Å². The van der Waals surface area contributed by atoms with Gasteiger partial charge < -0.3 is 5.32 Å². The molecule has 3 heterocycles. The molecule has 0 saturated carbocycles. The van der Waals surface area contributed by atoms with Crippen LogP contribution in [-0.2, 0) is 6.54 Å². The molecule has 8 heteroatoms. The number of aryl methyl sites for hydroxylation is 1. The summed E-state index contributed by atoms with van der Waals surface area (Å²) in [4.78, 5) is 23.2. The van der Waals surface area contributed by atoms with E-state index in [0.717, 1.165) is 20.5 Å². The lowest BCUT2D eigenvalue weighted by atomic mass is 10.3. The Morgan fingerprint density at radius 3 is 2.78 bits per heavy atom. The third kappa shape index (κ3) is 3.81. The van der Waals surface area contributed by atoms with Crippen molar-refractivity contribution in [1.29, 1.82) is 0 Å². The maximum absolute atomic E-state index is 13.1. The molecule has 0 spiro atoms. The zero-order valence-electron chi connectivity index (χ0n) is 14.3. The highest BCUT2D eigenvalue weighted by Gasteiger charge is 2.14. The highest BCUT2D eigenvalue weighted by atomic mass is 32.1. The summed E-state index contributed by atoms with van der Waals surface area (Å²) in [7, 11) is 0. The predicted molar refractivity (Wildman–Crippen MR) is 105 cm³/mol.